The van der Waals surface area contributed by atoms with Gasteiger partial charge in [0.1, 0.15) is 23.2 Å². The summed E-state index contributed by atoms with van der Waals surface area (Å²) >= 11 is 0. The van der Waals surface area contributed by atoms with Crippen molar-refractivity contribution in [2.45, 2.75) is 13.3 Å². The normalized spacial score (nSPS) is 11.7. The van der Waals surface area contributed by atoms with Crippen molar-refractivity contribution in [2.75, 3.05) is 5.32 Å². The molecule has 0 aliphatic rings. The summed E-state index contributed by atoms with van der Waals surface area (Å²) in [5, 5.41) is 2.97. The van der Waals surface area contributed by atoms with E-state index in [1.807, 2.05) is 0 Å². The molecule has 0 atom stereocenters. The molecule has 0 spiro atoms. The maximum absolute atomic E-state index is 13.7. The first kappa shape index (κ1) is 19.6. The Bertz CT molecular complexity index is 1220. The number of aryl methyl sites for hydroxylation is 1. The van der Waals surface area contributed by atoms with Gasteiger partial charge in [0.05, 0.1) is 11.0 Å². The number of nitrogens with zero attached hydrogens (tertiary/aromatic N) is 3. The van der Waals surface area contributed by atoms with E-state index in [1.54, 1.807) is 29.7 Å². The summed E-state index contributed by atoms with van der Waals surface area (Å²) in [5.74, 6) is -1.06. The molecule has 0 bridgehead atoms. The number of nitrogens with one attached hydrogen (secondary N) is 1. The fraction of sp³-hybridized carbons (Fsp3) is 0.100. The molecule has 2 aromatic heterocycles. The van der Waals surface area contributed by atoms with Crippen molar-refractivity contribution < 1.29 is 26.7 Å². The van der Waals surface area contributed by atoms with E-state index in [-0.39, 0.29) is 11.3 Å². The van der Waals surface area contributed by atoms with E-state index in [1.165, 1.54) is 24.3 Å². The fourth-order valence-electron chi connectivity index (χ4n) is 2.99. The molecule has 0 unspecified atom stereocenters. The van der Waals surface area contributed by atoms with Crippen LogP contribution in [-0.4, -0.2) is 20.9 Å². The van der Waals surface area contributed by atoms with Crippen LogP contribution in [0.25, 0.3) is 16.9 Å². The van der Waals surface area contributed by atoms with Crippen molar-refractivity contribution in [3.63, 3.8) is 0 Å². The lowest BCUT2D eigenvalue weighted by Crippen LogP contribution is -2.16. The highest BCUT2D eigenvalue weighted by molar-refractivity contribution is 5.78. The van der Waals surface area contributed by atoms with Crippen molar-refractivity contribution >= 4 is 22.5 Å². The average Bonchev–Trinajstić information content (AvgIpc) is 2.97. The molecule has 0 amide bonds. The van der Waals surface area contributed by atoms with Crippen LogP contribution in [0.2, 0.25) is 0 Å². The SMILES string of the molecule is Cc1nc2cc(F)c(F)cc2n1-c1cccc(Nc2ccc(OC(F)(F)F)cc2)n1. The predicted molar refractivity (Wildman–Crippen MR) is 99.9 cm³/mol. The number of fused-ring (bicyclic) bond motifs is 1. The Balaban J connectivity index is 1.63. The van der Waals surface area contributed by atoms with Crippen LogP contribution in [0.15, 0.2) is 54.6 Å². The quantitative estimate of drug-likeness (QED) is 0.434. The molecule has 0 fully saturated rings. The third kappa shape index (κ3) is 4.02. The summed E-state index contributed by atoms with van der Waals surface area (Å²) in [6, 6.07) is 12.2. The van der Waals surface area contributed by atoms with Crippen LogP contribution in [0.3, 0.4) is 0 Å². The van der Waals surface area contributed by atoms with Crippen LogP contribution in [0, 0.1) is 18.6 Å². The minimum absolute atomic E-state index is 0.284. The van der Waals surface area contributed by atoms with Crippen molar-refractivity contribution in [2.24, 2.45) is 0 Å². The van der Waals surface area contributed by atoms with Gasteiger partial charge in [-0.15, -0.1) is 13.2 Å². The first-order valence-corrected chi connectivity index (χ1v) is 8.64. The number of rotatable bonds is 4. The Kier molecular flexibility index (Phi) is 4.76. The highest BCUT2D eigenvalue weighted by Gasteiger charge is 2.30. The second-order valence-corrected chi connectivity index (χ2v) is 6.33. The summed E-state index contributed by atoms with van der Waals surface area (Å²) in [4.78, 5) is 8.67. The van der Waals surface area contributed by atoms with Gasteiger partial charge in [-0.25, -0.2) is 18.7 Å². The number of halogens is 5. The minimum Gasteiger partial charge on any atom is -0.406 e. The molecule has 0 radical (unpaired) electrons. The topological polar surface area (TPSA) is 52.0 Å². The lowest BCUT2D eigenvalue weighted by atomic mass is 10.3. The summed E-state index contributed by atoms with van der Waals surface area (Å²) in [7, 11) is 0. The number of imidazole rings is 1. The number of aromatic nitrogens is 3. The maximum atomic E-state index is 13.7. The molecule has 0 saturated carbocycles. The zero-order chi connectivity index (χ0) is 21.5. The third-order valence-electron chi connectivity index (χ3n) is 4.19. The lowest BCUT2D eigenvalue weighted by molar-refractivity contribution is -0.274. The van der Waals surface area contributed by atoms with E-state index in [0.717, 1.165) is 12.1 Å². The first-order valence-electron chi connectivity index (χ1n) is 8.64. The van der Waals surface area contributed by atoms with Gasteiger partial charge in [0, 0.05) is 17.8 Å². The molecule has 154 valence electrons. The molecule has 2 aromatic carbocycles. The summed E-state index contributed by atoms with van der Waals surface area (Å²) in [6.45, 7) is 1.68. The smallest absolute Gasteiger partial charge is 0.406 e. The van der Waals surface area contributed by atoms with Crippen molar-refractivity contribution in [1.29, 1.82) is 0 Å². The monoisotopic (exact) mass is 420 g/mol. The molecule has 0 aliphatic heterocycles. The van der Waals surface area contributed by atoms with Gasteiger partial charge < -0.3 is 10.1 Å². The average molecular weight is 420 g/mol. The number of pyridine rings is 1. The van der Waals surface area contributed by atoms with E-state index in [9.17, 15) is 22.0 Å². The largest absolute Gasteiger partial charge is 0.573 e. The van der Waals surface area contributed by atoms with Crippen molar-refractivity contribution in [3.8, 4) is 11.6 Å². The Hall–Kier alpha value is -3.69. The highest BCUT2D eigenvalue weighted by Crippen LogP contribution is 2.26. The number of benzene rings is 2. The molecule has 0 saturated heterocycles. The van der Waals surface area contributed by atoms with E-state index in [4.69, 9.17) is 0 Å². The van der Waals surface area contributed by atoms with E-state index >= 15 is 0 Å². The summed E-state index contributed by atoms with van der Waals surface area (Å²) < 4.78 is 69.4. The van der Waals surface area contributed by atoms with E-state index < -0.39 is 18.0 Å². The standard InChI is InChI=1S/C20H13F5N4O/c1-11-26-16-9-14(21)15(22)10-17(16)29(11)19-4-2-3-18(28-19)27-12-5-7-13(8-6-12)30-20(23,24)25/h2-10H,1H3,(H,27,28). The van der Waals surface area contributed by atoms with Gasteiger partial charge >= 0.3 is 6.36 Å². The first-order chi connectivity index (χ1) is 14.2. The number of ether oxygens (including phenoxy) is 1. The zero-order valence-electron chi connectivity index (χ0n) is 15.3. The van der Waals surface area contributed by atoms with Gasteiger partial charge in [0.25, 0.3) is 0 Å². The minimum atomic E-state index is -4.77. The number of anilines is 2. The van der Waals surface area contributed by atoms with E-state index in [0.29, 0.717) is 28.7 Å². The number of hydrogen-bond donors (Lipinski definition) is 1. The van der Waals surface area contributed by atoms with Crippen LogP contribution in [0.4, 0.5) is 33.5 Å². The zero-order valence-corrected chi connectivity index (χ0v) is 15.3. The Morgan fingerprint density at radius 1 is 0.933 bits per heavy atom. The van der Waals surface area contributed by atoms with Gasteiger partial charge in [-0.2, -0.15) is 0 Å². The number of alkyl halides is 3. The van der Waals surface area contributed by atoms with E-state index in [2.05, 4.69) is 20.0 Å². The predicted octanol–water partition coefficient (Wildman–Crippen LogP) is 5.65. The second kappa shape index (κ2) is 7.29. The molecule has 10 heteroatoms. The van der Waals surface area contributed by atoms with Gasteiger partial charge in [-0.3, -0.25) is 4.57 Å². The van der Waals surface area contributed by atoms with Crippen molar-refractivity contribution in [3.05, 3.63) is 72.1 Å². The van der Waals surface area contributed by atoms with Crippen LogP contribution >= 0.6 is 0 Å². The molecule has 30 heavy (non-hydrogen) atoms. The van der Waals surface area contributed by atoms with Crippen LogP contribution in [0.5, 0.6) is 5.75 Å². The molecule has 0 aliphatic carbocycles. The van der Waals surface area contributed by atoms with Gasteiger partial charge in [-0.05, 0) is 43.3 Å². The lowest BCUT2D eigenvalue weighted by Gasteiger charge is -2.11. The fourth-order valence-corrected chi connectivity index (χ4v) is 2.99. The molecule has 4 rings (SSSR count). The summed E-state index contributed by atoms with van der Waals surface area (Å²) in [5.41, 5.74) is 1.12. The summed E-state index contributed by atoms with van der Waals surface area (Å²) in [6.07, 6.45) is -4.77. The molecule has 5 nitrogen and oxygen atoms in total. The molecule has 4 aromatic rings. The van der Waals surface area contributed by atoms with Gasteiger partial charge in [0.2, 0.25) is 0 Å². The van der Waals surface area contributed by atoms with Crippen LogP contribution in [0.1, 0.15) is 5.82 Å². The highest BCUT2D eigenvalue weighted by atomic mass is 19.4. The molecule has 1 N–H and O–H groups in total. The Morgan fingerprint density at radius 2 is 1.63 bits per heavy atom. The molecule has 2 heterocycles. The van der Waals surface area contributed by atoms with Gasteiger partial charge in [0.15, 0.2) is 11.6 Å². The maximum Gasteiger partial charge on any atom is 0.573 e. The Labute approximate surface area is 166 Å². The molecular weight excluding hydrogens is 407 g/mol. The van der Waals surface area contributed by atoms with Gasteiger partial charge in [-0.1, -0.05) is 6.07 Å². The number of hydrogen-bond acceptors (Lipinski definition) is 4. The van der Waals surface area contributed by atoms with Crippen LogP contribution in [-0.2, 0) is 0 Å². The van der Waals surface area contributed by atoms with Crippen molar-refractivity contribution in [1.82, 2.24) is 14.5 Å². The third-order valence-corrected chi connectivity index (χ3v) is 4.19. The second-order valence-electron chi connectivity index (χ2n) is 6.33. The molecular formula is C20H13F5N4O. The Morgan fingerprint density at radius 3 is 2.33 bits per heavy atom. The van der Waals surface area contributed by atoms with Crippen LogP contribution < -0.4 is 10.1 Å².